The summed E-state index contributed by atoms with van der Waals surface area (Å²) < 4.78 is 0. The molecule has 35 heavy (non-hydrogen) atoms. The quantitative estimate of drug-likeness (QED) is 0.310. The Morgan fingerprint density at radius 1 is 1.03 bits per heavy atom. The molecule has 2 aromatic rings. The molecular weight excluding hydrogens is 465 g/mol. The molecule has 4 nitrogen and oxygen atoms in total. The van der Waals surface area contributed by atoms with Crippen molar-refractivity contribution in [3.05, 3.63) is 72.3 Å². The van der Waals surface area contributed by atoms with Crippen LogP contribution < -0.4 is 40.0 Å². The summed E-state index contributed by atoms with van der Waals surface area (Å²) in [5.74, 6) is 0.657. The van der Waals surface area contributed by atoms with E-state index in [4.69, 9.17) is 0 Å². The molecule has 3 fully saturated rings. The van der Waals surface area contributed by atoms with Crippen molar-refractivity contribution >= 4 is 23.6 Å². The van der Waals surface area contributed by atoms with Gasteiger partial charge in [0.1, 0.15) is 0 Å². The maximum Gasteiger partial charge on any atom is 1.00 e. The summed E-state index contributed by atoms with van der Waals surface area (Å²) in [4.78, 5) is 26.0. The van der Waals surface area contributed by atoms with Gasteiger partial charge in [0, 0.05) is 27.4 Å². The standard InChI is InChI=1S/C29H35NO3S.Na/c1-29(2)22-18-21(10-6-3-4-9-13-26(31)32)27(25(29)19-22)30-28(33)20-14-16-24(17-15-20)34-23-11-7-5-8-12-23;/h3,5-8,11-12,14-17,21-22,25,27H,4,9-10,13,18-19H2,1-2H3,(H,30,33)(H,31,32);/q;+1/p-1/b6-3+;. The van der Waals surface area contributed by atoms with Gasteiger partial charge in [0.2, 0.25) is 0 Å². The molecule has 3 aliphatic rings. The molecule has 5 rings (SSSR count). The first-order chi connectivity index (χ1) is 16.3. The van der Waals surface area contributed by atoms with E-state index in [1.807, 2.05) is 42.5 Å². The normalized spacial score (nSPS) is 24.3. The van der Waals surface area contributed by atoms with E-state index in [0.29, 0.717) is 23.8 Å². The molecule has 6 heteroatoms. The molecule has 0 spiro atoms. The van der Waals surface area contributed by atoms with E-state index in [1.54, 1.807) is 11.8 Å². The minimum atomic E-state index is -0.988. The summed E-state index contributed by atoms with van der Waals surface area (Å²) in [5, 5.41) is 14.0. The van der Waals surface area contributed by atoms with Crippen LogP contribution in [-0.2, 0) is 4.79 Å². The van der Waals surface area contributed by atoms with Gasteiger partial charge < -0.3 is 15.2 Å². The first-order valence-corrected chi connectivity index (χ1v) is 13.1. The van der Waals surface area contributed by atoms with E-state index in [0.717, 1.165) is 30.1 Å². The van der Waals surface area contributed by atoms with Gasteiger partial charge >= 0.3 is 29.6 Å². The molecule has 4 unspecified atom stereocenters. The van der Waals surface area contributed by atoms with Gasteiger partial charge in [0.05, 0.1) is 0 Å². The average molecular weight is 500 g/mol. The van der Waals surface area contributed by atoms with Gasteiger partial charge in [0.25, 0.3) is 5.91 Å². The van der Waals surface area contributed by atoms with E-state index in [9.17, 15) is 14.7 Å². The van der Waals surface area contributed by atoms with Crippen LogP contribution in [0.25, 0.3) is 0 Å². The van der Waals surface area contributed by atoms with Crippen LogP contribution in [0.1, 0.15) is 62.7 Å². The number of hydrogen-bond donors (Lipinski definition) is 1. The van der Waals surface area contributed by atoms with Crippen LogP contribution in [-0.4, -0.2) is 17.9 Å². The molecule has 1 N–H and O–H groups in total. The van der Waals surface area contributed by atoms with Crippen molar-refractivity contribution in [2.24, 2.45) is 23.2 Å². The zero-order valence-electron chi connectivity index (χ0n) is 21.0. The van der Waals surface area contributed by atoms with Crippen LogP contribution in [0.3, 0.4) is 0 Å². The monoisotopic (exact) mass is 499 g/mol. The van der Waals surface area contributed by atoms with Crippen molar-refractivity contribution in [1.82, 2.24) is 5.32 Å². The predicted octanol–water partition coefficient (Wildman–Crippen LogP) is 2.49. The number of amides is 1. The molecule has 0 saturated heterocycles. The van der Waals surface area contributed by atoms with Gasteiger partial charge in [-0.05, 0) is 98.1 Å². The number of hydrogen-bond acceptors (Lipinski definition) is 4. The van der Waals surface area contributed by atoms with Gasteiger partial charge in [-0.2, -0.15) is 0 Å². The molecule has 1 amide bonds. The Bertz CT molecular complexity index is 1020. The number of carboxylic acids is 1. The zero-order valence-corrected chi connectivity index (χ0v) is 23.9. The van der Waals surface area contributed by atoms with Crippen molar-refractivity contribution in [2.75, 3.05) is 0 Å². The SMILES string of the molecule is CC1(C)C2CC(C/C=C/CCCC(=O)[O-])C(NC(=O)c3ccc(Sc4ccccc4)cc3)C1C2.[Na+]. The van der Waals surface area contributed by atoms with Crippen LogP contribution in [0.2, 0.25) is 0 Å². The second-order valence-electron chi connectivity index (χ2n) is 10.3. The predicted molar refractivity (Wildman–Crippen MR) is 134 cm³/mol. The number of nitrogens with one attached hydrogen (secondary N) is 1. The summed E-state index contributed by atoms with van der Waals surface area (Å²) >= 11 is 1.69. The number of allylic oxidation sites excluding steroid dienone is 2. The van der Waals surface area contributed by atoms with Crippen LogP contribution >= 0.6 is 11.8 Å². The third kappa shape index (κ3) is 7.03. The van der Waals surface area contributed by atoms with Crippen LogP contribution in [0.15, 0.2) is 76.5 Å². The van der Waals surface area contributed by atoms with Crippen molar-refractivity contribution in [3.63, 3.8) is 0 Å². The Kier molecular flexibility index (Phi) is 10.1. The number of carbonyl (C=O) groups excluding carboxylic acids is 2. The molecule has 0 radical (unpaired) electrons. The Morgan fingerprint density at radius 3 is 2.37 bits per heavy atom. The fourth-order valence-corrected chi connectivity index (χ4v) is 6.49. The number of benzene rings is 2. The Hall–Kier alpha value is -1.53. The summed E-state index contributed by atoms with van der Waals surface area (Å²) in [6, 6.07) is 18.3. The van der Waals surface area contributed by atoms with E-state index >= 15 is 0 Å². The largest absolute Gasteiger partial charge is 1.00 e. The van der Waals surface area contributed by atoms with Crippen LogP contribution in [0.5, 0.6) is 0 Å². The number of unbranched alkanes of at least 4 members (excludes halogenated alkanes) is 1. The maximum absolute atomic E-state index is 13.2. The van der Waals surface area contributed by atoms with E-state index in [-0.39, 0.29) is 53.3 Å². The fourth-order valence-electron chi connectivity index (χ4n) is 5.65. The van der Waals surface area contributed by atoms with Gasteiger partial charge in [-0.15, -0.1) is 0 Å². The number of rotatable bonds is 10. The molecular formula is C29H34NNaO3S. The topological polar surface area (TPSA) is 69.2 Å². The Labute approximate surface area is 235 Å². The summed E-state index contributed by atoms with van der Waals surface area (Å²) in [6.07, 6.45) is 8.97. The molecule has 4 atom stereocenters. The summed E-state index contributed by atoms with van der Waals surface area (Å²) in [5.41, 5.74) is 0.969. The molecule has 3 aliphatic carbocycles. The van der Waals surface area contributed by atoms with Gasteiger partial charge in [-0.3, -0.25) is 4.79 Å². The average Bonchev–Trinajstić information content (AvgIpc) is 2.82. The third-order valence-electron chi connectivity index (χ3n) is 7.83. The van der Waals surface area contributed by atoms with E-state index in [2.05, 4.69) is 43.4 Å². The van der Waals surface area contributed by atoms with Crippen molar-refractivity contribution < 1.29 is 44.3 Å². The first-order valence-electron chi connectivity index (χ1n) is 12.3. The van der Waals surface area contributed by atoms with Crippen LogP contribution in [0, 0.1) is 23.2 Å². The second kappa shape index (κ2) is 12.6. The third-order valence-corrected chi connectivity index (χ3v) is 8.84. The maximum atomic E-state index is 13.2. The molecule has 180 valence electrons. The molecule has 0 aromatic heterocycles. The van der Waals surface area contributed by atoms with Gasteiger partial charge in [-0.25, -0.2) is 0 Å². The van der Waals surface area contributed by atoms with Gasteiger partial charge in [0.15, 0.2) is 0 Å². The Morgan fingerprint density at radius 2 is 1.71 bits per heavy atom. The number of aliphatic carboxylic acids is 1. The van der Waals surface area contributed by atoms with Crippen molar-refractivity contribution in [2.45, 2.75) is 68.2 Å². The number of carbonyl (C=O) groups is 2. The fraction of sp³-hybridized carbons (Fsp3) is 0.448. The molecule has 0 aliphatic heterocycles. The Balaban J connectivity index is 0.00000342. The molecule has 2 aromatic carbocycles. The number of carboxylic acid groups (broad SMARTS) is 1. The summed E-state index contributed by atoms with van der Waals surface area (Å²) in [6.45, 7) is 4.68. The minimum absolute atomic E-state index is 0. The second-order valence-corrected chi connectivity index (χ2v) is 11.4. The molecule has 0 heterocycles. The van der Waals surface area contributed by atoms with Crippen LogP contribution in [0.4, 0.5) is 0 Å². The smallest absolute Gasteiger partial charge is 0.550 e. The molecule has 3 saturated carbocycles. The summed E-state index contributed by atoms with van der Waals surface area (Å²) in [7, 11) is 0. The van der Waals surface area contributed by atoms with Crippen molar-refractivity contribution in [3.8, 4) is 0 Å². The first kappa shape index (κ1) is 28.0. The zero-order chi connectivity index (χ0) is 24.1. The van der Waals surface area contributed by atoms with E-state index < -0.39 is 5.97 Å². The van der Waals surface area contributed by atoms with E-state index in [1.165, 1.54) is 11.3 Å². The number of fused-ring (bicyclic) bond motifs is 2. The van der Waals surface area contributed by atoms with Gasteiger partial charge in [-0.1, -0.05) is 56.0 Å². The van der Waals surface area contributed by atoms with Crippen molar-refractivity contribution in [1.29, 1.82) is 0 Å². The molecule has 2 bridgehead atoms. The minimum Gasteiger partial charge on any atom is -0.550 e.